The highest BCUT2D eigenvalue weighted by Crippen LogP contribution is 2.34. The summed E-state index contributed by atoms with van der Waals surface area (Å²) >= 11 is 1.54. The number of piperidine rings is 1. The second-order valence-corrected chi connectivity index (χ2v) is 11.4. The molecule has 7 nitrogen and oxygen atoms in total. The normalized spacial score (nSPS) is 15.4. The van der Waals surface area contributed by atoms with E-state index in [0.717, 1.165) is 65.8 Å². The minimum atomic E-state index is -0.461. The fraction of sp³-hybridized carbons (Fsp3) is 0.429. The summed E-state index contributed by atoms with van der Waals surface area (Å²) in [5.41, 5.74) is 2.51. The van der Waals surface area contributed by atoms with Crippen molar-refractivity contribution in [2.75, 3.05) is 19.6 Å². The molecule has 0 aliphatic carbocycles. The van der Waals surface area contributed by atoms with E-state index < -0.39 is 5.60 Å². The van der Waals surface area contributed by atoms with Crippen molar-refractivity contribution in [2.24, 2.45) is 5.92 Å². The van der Waals surface area contributed by atoms with Gasteiger partial charge in [-0.15, -0.1) is 0 Å². The van der Waals surface area contributed by atoms with E-state index >= 15 is 0 Å². The number of likely N-dealkylation sites (tertiary alicyclic amines) is 1. The summed E-state index contributed by atoms with van der Waals surface area (Å²) in [6.07, 6.45) is 4.78. The maximum atomic E-state index is 11.8. The molecule has 4 aromatic rings. The van der Waals surface area contributed by atoms with Crippen LogP contribution in [0.15, 0.2) is 53.1 Å². The van der Waals surface area contributed by atoms with Gasteiger partial charge in [0.25, 0.3) is 5.19 Å². The number of nitrogens with one attached hydrogen (secondary N) is 1. The van der Waals surface area contributed by atoms with Crippen LogP contribution in [-0.2, 0) is 11.3 Å². The Hall–Kier alpha value is -3.10. The number of alkyl carbamates (subject to hydrolysis) is 1. The monoisotopic (exact) mass is 507 g/mol. The summed E-state index contributed by atoms with van der Waals surface area (Å²) in [6, 6.07) is 14.0. The molecule has 1 amide bonds. The highest BCUT2D eigenvalue weighted by molar-refractivity contribution is 7.20. The number of hydrogen-bond donors (Lipinski definition) is 1. The van der Waals surface area contributed by atoms with Crippen molar-refractivity contribution >= 4 is 38.6 Å². The van der Waals surface area contributed by atoms with Crippen molar-refractivity contribution in [1.29, 1.82) is 0 Å². The maximum absolute atomic E-state index is 11.8. The summed E-state index contributed by atoms with van der Waals surface area (Å²) in [7, 11) is 0. The SMILES string of the molecule is CC(C)(C)OC(=O)NCCC1CCN(Cc2coc3cc(Oc4nc5ccccc5s4)ccc23)CC1. The Morgan fingerprint density at radius 1 is 1.19 bits per heavy atom. The Labute approximate surface area is 215 Å². The highest BCUT2D eigenvalue weighted by atomic mass is 32.1. The molecule has 0 unspecified atom stereocenters. The van der Waals surface area contributed by atoms with Crippen LogP contribution in [-0.4, -0.2) is 41.2 Å². The van der Waals surface area contributed by atoms with Crippen LogP contribution in [0.4, 0.5) is 4.79 Å². The molecule has 8 heteroatoms. The van der Waals surface area contributed by atoms with Gasteiger partial charge in [-0.2, -0.15) is 0 Å². The summed E-state index contributed by atoms with van der Waals surface area (Å²) in [6.45, 7) is 9.25. The van der Waals surface area contributed by atoms with E-state index in [1.54, 1.807) is 0 Å². The van der Waals surface area contributed by atoms with Crippen molar-refractivity contribution in [2.45, 2.75) is 52.2 Å². The largest absolute Gasteiger partial charge is 0.464 e. The van der Waals surface area contributed by atoms with Gasteiger partial charge >= 0.3 is 6.09 Å². The third-order valence-corrected chi connectivity index (χ3v) is 7.34. The van der Waals surface area contributed by atoms with Crippen LogP contribution in [0, 0.1) is 5.92 Å². The Bertz CT molecular complexity index is 1300. The molecule has 1 fully saturated rings. The first-order valence-electron chi connectivity index (χ1n) is 12.6. The van der Waals surface area contributed by atoms with Gasteiger partial charge in [0.05, 0.1) is 16.5 Å². The number of thiazole rings is 1. The molecule has 0 bridgehead atoms. The van der Waals surface area contributed by atoms with E-state index in [-0.39, 0.29) is 6.09 Å². The van der Waals surface area contributed by atoms with Crippen molar-refractivity contribution in [3.8, 4) is 10.9 Å². The molecule has 36 heavy (non-hydrogen) atoms. The average Bonchev–Trinajstić information content (AvgIpc) is 3.42. The Morgan fingerprint density at radius 3 is 2.78 bits per heavy atom. The number of furan rings is 1. The lowest BCUT2D eigenvalue weighted by Gasteiger charge is -2.31. The van der Waals surface area contributed by atoms with Crippen LogP contribution < -0.4 is 10.1 Å². The molecule has 1 aliphatic heterocycles. The van der Waals surface area contributed by atoms with Crippen molar-refractivity contribution in [3.63, 3.8) is 0 Å². The minimum absolute atomic E-state index is 0.333. The van der Waals surface area contributed by atoms with Crippen LogP contribution in [0.5, 0.6) is 10.9 Å². The fourth-order valence-corrected chi connectivity index (χ4v) is 5.45. The van der Waals surface area contributed by atoms with Gasteiger partial charge in [-0.3, -0.25) is 4.90 Å². The fourth-order valence-electron chi connectivity index (χ4n) is 4.61. The first-order chi connectivity index (χ1) is 17.3. The Morgan fingerprint density at radius 2 is 2.00 bits per heavy atom. The molecule has 2 aromatic carbocycles. The molecule has 1 aliphatic rings. The van der Waals surface area contributed by atoms with E-state index in [9.17, 15) is 4.79 Å². The zero-order valence-electron chi connectivity index (χ0n) is 21.1. The zero-order valence-corrected chi connectivity index (χ0v) is 21.9. The van der Waals surface area contributed by atoms with E-state index in [1.165, 1.54) is 16.9 Å². The summed E-state index contributed by atoms with van der Waals surface area (Å²) in [5.74, 6) is 1.35. The van der Waals surface area contributed by atoms with Crippen molar-refractivity contribution in [3.05, 3.63) is 54.3 Å². The van der Waals surface area contributed by atoms with Gasteiger partial charge in [0.15, 0.2) is 0 Å². The number of ether oxygens (including phenoxy) is 2. The number of rotatable bonds is 7. The van der Waals surface area contributed by atoms with Crippen LogP contribution in [0.25, 0.3) is 21.2 Å². The molecule has 3 heterocycles. The van der Waals surface area contributed by atoms with Crippen LogP contribution in [0.3, 0.4) is 0 Å². The van der Waals surface area contributed by atoms with Gasteiger partial charge in [0.2, 0.25) is 0 Å². The molecule has 2 aromatic heterocycles. The zero-order chi connectivity index (χ0) is 25.1. The molecule has 190 valence electrons. The van der Waals surface area contributed by atoms with E-state index in [2.05, 4.69) is 21.3 Å². The minimum Gasteiger partial charge on any atom is -0.464 e. The number of carbonyl (C=O) groups is 1. The summed E-state index contributed by atoms with van der Waals surface area (Å²) < 4.78 is 18.3. The lowest BCUT2D eigenvalue weighted by molar-refractivity contribution is 0.0522. The number of benzene rings is 2. The number of fused-ring (bicyclic) bond motifs is 2. The highest BCUT2D eigenvalue weighted by Gasteiger charge is 2.21. The van der Waals surface area contributed by atoms with E-state index in [1.807, 2.05) is 63.4 Å². The lowest BCUT2D eigenvalue weighted by Crippen LogP contribution is -2.36. The van der Waals surface area contributed by atoms with Gasteiger partial charge in [0.1, 0.15) is 16.9 Å². The molecule has 0 spiro atoms. The van der Waals surface area contributed by atoms with Gasteiger partial charge in [-0.25, -0.2) is 9.78 Å². The first kappa shape index (κ1) is 24.6. The quantitative estimate of drug-likeness (QED) is 0.291. The predicted molar refractivity (Wildman–Crippen MR) is 143 cm³/mol. The molecular weight excluding hydrogens is 474 g/mol. The van der Waals surface area contributed by atoms with Gasteiger partial charge in [0, 0.05) is 30.1 Å². The van der Waals surface area contributed by atoms with Gasteiger partial charge in [-0.1, -0.05) is 23.5 Å². The van der Waals surface area contributed by atoms with Crippen LogP contribution in [0.1, 0.15) is 45.6 Å². The van der Waals surface area contributed by atoms with E-state index in [0.29, 0.717) is 17.7 Å². The van der Waals surface area contributed by atoms with Crippen LogP contribution in [0.2, 0.25) is 0 Å². The summed E-state index contributed by atoms with van der Waals surface area (Å²) in [5, 5.41) is 4.63. The number of amides is 1. The first-order valence-corrected chi connectivity index (χ1v) is 13.4. The molecule has 0 radical (unpaired) electrons. The number of para-hydroxylation sites is 1. The lowest BCUT2D eigenvalue weighted by atomic mass is 9.93. The standard InChI is InChI=1S/C28H33N3O4S/c1-28(2,3)35-26(32)29-13-10-19-11-14-31(15-12-19)17-20-18-33-24-16-21(8-9-22(20)24)34-27-30-23-6-4-5-7-25(23)36-27/h4-9,16,18-19H,10-15,17H2,1-3H3,(H,29,32). The third kappa shape index (κ3) is 6.17. The number of nitrogens with zero attached hydrogens (tertiary/aromatic N) is 2. The molecule has 0 saturated carbocycles. The smallest absolute Gasteiger partial charge is 0.407 e. The molecule has 1 N–H and O–H groups in total. The second kappa shape index (κ2) is 10.5. The number of aromatic nitrogens is 1. The predicted octanol–water partition coefficient (Wildman–Crippen LogP) is 6.96. The number of carbonyl (C=O) groups excluding carboxylic acids is 1. The van der Waals surface area contributed by atoms with Gasteiger partial charge < -0.3 is 19.2 Å². The third-order valence-electron chi connectivity index (χ3n) is 6.43. The topological polar surface area (TPSA) is 76.8 Å². The molecule has 0 atom stereocenters. The second-order valence-electron chi connectivity index (χ2n) is 10.4. The molecule has 1 saturated heterocycles. The molecule has 5 rings (SSSR count). The van der Waals surface area contributed by atoms with Crippen LogP contribution >= 0.6 is 11.3 Å². The Kier molecular flexibility index (Phi) is 7.16. The van der Waals surface area contributed by atoms with Gasteiger partial charge in [-0.05, 0) is 83.3 Å². The van der Waals surface area contributed by atoms with Crippen molar-refractivity contribution in [1.82, 2.24) is 15.2 Å². The molecular formula is C28H33N3O4S. The Balaban J connectivity index is 1.11. The summed E-state index contributed by atoms with van der Waals surface area (Å²) in [4.78, 5) is 18.9. The number of hydrogen-bond acceptors (Lipinski definition) is 7. The van der Waals surface area contributed by atoms with Crippen molar-refractivity contribution < 1.29 is 18.7 Å². The van der Waals surface area contributed by atoms with E-state index in [4.69, 9.17) is 13.9 Å². The average molecular weight is 508 g/mol. The maximum Gasteiger partial charge on any atom is 0.407 e.